The van der Waals surface area contributed by atoms with Crippen molar-refractivity contribution in [2.45, 2.75) is 12.5 Å². The molecule has 0 radical (unpaired) electrons. The van der Waals surface area contributed by atoms with Crippen LogP contribution in [0.4, 0.5) is 10.1 Å². The predicted molar refractivity (Wildman–Crippen MR) is 73.5 cm³/mol. The molecule has 1 aliphatic rings. The maximum Gasteiger partial charge on any atom is 0.329 e. The number of carbonyl (C=O) groups is 2. The van der Waals surface area contributed by atoms with Gasteiger partial charge < -0.3 is 15.2 Å². The highest BCUT2D eigenvalue weighted by molar-refractivity contribution is 5.92. The number of benzene rings is 1. The third-order valence-corrected chi connectivity index (χ3v) is 3.14. The van der Waals surface area contributed by atoms with Crippen molar-refractivity contribution in [1.29, 1.82) is 0 Å². The van der Waals surface area contributed by atoms with Crippen molar-refractivity contribution >= 4 is 17.6 Å². The Bertz CT molecular complexity index is 544. The lowest BCUT2D eigenvalue weighted by molar-refractivity contribution is -0.165. The summed E-state index contributed by atoms with van der Waals surface area (Å²) in [7, 11) is 0. The highest BCUT2D eigenvalue weighted by Crippen LogP contribution is 2.24. The minimum Gasteiger partial charge on any atom is -0.480 e. The second-order valence-corrected chi connectivity index (χ2v) is 5.34. The van der Waals surface area contributed by atoms with Crippen LogP contribution in [0.25, 0.3) is 0 Å². The maximum atomic E-state index is 13.0. The summed E-state index contributed by atoms with van der Waals surface area (Å²) in [6.45, 7) is 2.58. The SMILES string of the molecule is CC1(OCC(=O)O)CN(CC(=O)Nc2cccc(F)c2)C1. The van der Waals surface area contributed by atoms with Crippen molar-refractivity contribution in [3.8, 4) is 0 Å². The van der Waals surface area contributed by atoms with Gasteiger partial charge in [0.05, 0.1) is 12.1 Å². The monoisotopic (exact) mass is 296 g/mol. The molecule has 2 rings (SSSR count). The van der Waals surface area contributed by atoms with E-state index in [0.717, 1.165) is 0 Å². The standard InChI is InChI=1S/C14H17FN2O4/c1-14(21-7-13(19)20)8-17(9-14)6-12(18)16-11-4-2-3-10(15)5-11/h2-5H,6-9H2,1H3,(H,16,18)(H,19,20). The fraction of sp³-hybridized carbons (Fsp3) is 0.429. The number of carboxylic acid groups (broad SMARTS) is 1. The summed E-state index contributed by atoms with van der Waals surface area (Å²) < 4.78 is 18.2. The van der Waals surface area contributed by atoms with Gasteiger partial charge in [0.25, 0.3) is 0 Å². The Morgan fingerprint density at radius 2 is 2.19 bits per heavy atom. The molecule has 21 heavy (non-hydrogen) atoms. The molecule has 0 aliphatic carbocycles. The van der Waals surface area contributed by atoms with Crippen molar-refractivity contribution in [3.05, 3.63) is 30.1 Å². The average molecular weight is 296 g/mol. The lowest BCUT2D eigenvalue weighted by Gasteiger charge is -2.46. The number of ether oxygens (including phenoxy) is 1. The predicted octanol–water partition coefficient (Wildman–Crippen LogP) is 0.940. The molecule has 1 heterocycles. The molecule has 1 aromatic carbocycles. The van der Waals surface area contributed by atoms with E-state index in [1.807, 2.05) is 4.90 Å². The van der Waals surface area contributed by atoms with E-state index < -0.39 is 17.4 Å². The van der Waals surface area contributed by atoms with Gasteiger partial charge in [-0.25, -0.2) is 9.18 Å². The second-order valence-electron chi connectivity index (χ2n) is 5.34. The third-order valence-electron chi connectivity index (χ3n) is 3.14. The van der Waals surface area contributed by atoms with Crippen LogP contribution in [0, 0.1) is 5.82 Å². The number of halogens is 1. The Morgan fingerprint density at radius 3 is 2.81 bits per heavy atom. The van der Waals surface area contributed by atoms with Gasteiger partial charge in [-0.15, -0.1) is 0 Å². The molecule has 1 saturated heterocycles. The Labute approximate surface area is 121 Å². The van der Waals surface area contributed by atoms with Gasteiger partial charge in [0.2, 0.25) is 5.91 Å². The number of likely N-dealkylation sites (tertiary alicyclic amines) is 1. The van der Waals surface area contributed by atoms with Gasteiger partial charge in [0, 0.05) is 18.8 Å². The number of nitrogens with one attached hydrogen (secondary N) is 1. The van der Waals surface area contributed by atoms with Crippen molar-refractivity contribution in [2.75, 3.05) is 31.6 Å². The van der Waals surface area contributed by atoms with E-state index in [0.29, 0.717) is 18.8 Å². The van der Waals surface area contributed by atoms with Crippen molar-refractivity contribution in [3.63, 3.8) is 0 Å². The first-order valence-corrected chi connectivity index (χ1v) is 6.50. The summed E-state index contributed by atoms with van der Waals surface area (Å²) >= 11 is 0. The van der Waals surface area contributed by atoms with Gasteiger partial charge in [-0.2, -0.15) is 0 Å². The summed E-state index contributed by atoms with van der Waals surface area (Å²) in [6, 6.07) is 5.67. The van der Waals surface area contributed by atoms with E-state index in [4.69, 9.17) is 9.84 Å². The summed E-state index contributed by atoms with van der Waals surface area (Å²) in [5.41, 5.74) is -0.122. The molecule has 114 valence electrons. The molecular weight excluding hydrogens is 279 g/mol. The van der Waals surface area contributed by atoms with Crippen molar-refractivity contribution in [1.82, 2.24) is 4.90 Å². The van der Waals surface area contributed by atoms with Gasteiger partial charge in [-0.1, -0.05) is 6.07 Å². The maximum absolute atomic E-state index is 13.0. The number of anilines is 1. The number of amides is 1. The van der Waals surface area contributed by atoms with Crippen molar-refractivity contribution < 1.29 is 23.8 Å². The summed E-state index contributed by atoms with van der Waals surface area (Å²) in [4.78, 5) is 24.1. The molecule has 1 aromatic rings. The zero-order valence-electron chi connectivity index (χ0n) is 11.6. The Hall–Kier alpha value is -1.99. The first-order chi connectivity index (χ1) is 9.86. The number of carboxylic acids is 1. The van der Waals surface area contributed by atoms with E-state index in [-0.39, 0.29) is 19.1 Å². The van der Waals surface area contributed by atoms with Gasteiger partial charge in [-0.3, -0.25) is 9.69 Å². The average Bonchev–Trinajstić information content (AvgIpc) is 2.34. The van der Waals surface area contributed by atoms with Gasteiger partial charge in [0.15, 0.2) is 0 Å². The van der Waals surface area contributed by atoms with Crippen LogP contribution in [-0.4, -0.2) is 53.7 Å². The molecule has 1 aliphatic heterocycles. The Balaban J connectivity index is 1.74. The summed E-state index contributed by atoms with van der Waals surface area (Å²) in [5.74, 6) is -1.68. The van der Waals surface area contributed by atoms with E-state index in [1.54, 1.807) is 13.0 Å². The summed E-state index contributed by atoms with van der Waals surface area (Å²) in [6.07, 6.45) is 0. The van der Waals surface area contributed by atoms with Crippen LogP contribution in [-0.2, 0) is 14.3 Å². The molecule has 0 spiro atoms. The zero-order valence-corrected chi connectivity index (χ0v) is 11.6. The lowest BCUT2D eigenvalue weighted by Crippen LogP contribution is -2.63. The number of rotatable bonds is 6. The van der Waals surface area contributed by atoms with Crippen LogP contribution in [0.1, 0.15) is 6.92 Å². The van der Waals surface area contributed by atoms with Crippen LogP contribution >= 0.6 is 0 Å². The highest BCUT2D eigenvalue weighted by atomic mass is 19.1. The van der Waals surface area contributed by atoms with Gasteiger partial charge in [0.1, 0.15) is 12.4 Å². The van der Waals surface area contributed by atoms with Crippen LogP contribution in [0.3, 0.4) is 0 Å². The third kappa shape index (κ3) is 4.51. The largest absolute Gasteiger partial charge is 0.480 e. The van der Waals surface area contributed by atoms with Crippen molar-refractivity contribution in [2.24, 2.45) is 0 Å². The quantitative estimate of drug-likeness (QED) is 0.817. The molecule has 2 N–H and O–H groups in total. The molecule has 0 atom stereocenters. The number of nitrogens with zero attached hydrogens (tertiary/aromatic N) is 1. The normalized spacial score (nSPS) is 17.0. The number of carbonyl (C=O) groups excluding carboxylic acids is 1. The van der Waals surface area contributed by atoms with Crippen LogP contribution < -0.4 is 5.32 Å². The van der Waals surface area contributed by atoms with Gasteiger partial charge in [-0.05, 0) is 25.1 Å². The van der Waals surface area contributed by atoms with E-state index in [2.05, 4.69) is 5.32 Å². The van der Waals surface area contributed by atoms with Gasteiger partial charge >= 0.3 is 5.97 Å². The fourth-order valence-corrected chi connectivity index (χ4v) is 2.31. The zero-order chi connectivity index (χ0) is 15.5. The number of aliphatic carboxylic acids is 1. The summed E-state index contributed by atoms with van der Waals surface area (Å²) in [5, 5.41) is 11.2. The molecule has 1 fully saturated rings. The van der Waals surface area contributed by atoms with E-state index >= 15 is 0 Å². The fourth-order valence-electron chi connectivity index (χ4n) is 2.31. The molecule has 0 saturated carbocycles. The Kier molecular flexibility index (Phi) is 4.54. The lowest BCUT2D eigenvalue weighted by atomic mass is 9.96. The number of hydrogen-bond donors (Lipinski definition) is 2. The molecule has 0 aromatic heterocycles. The number of hydrogen-bond acceptors (Lipinski definition) is 4. The smallest absolute Gasteiger partial charge is 0.329 e. The minimum atomic E-state index is -1.02. The molecule has 7 heteroatoms. The minimum absolute atomic E-state index is 0.155. The Morgan fingerprint density at radius 1 is 1.48 bits per heavy atom. The van der Waals surface area contributed by atoms with Crippen LogP contribution in [0.15, 0.2) is 24.3 Å². The van der Waals surface area contributed by atoms with E-state index in [1.165, 1.54) is 18.2 Å². The highest BCUT2D eigenvalue weighted by Gasteiger charge is 2.40. The molecule has 6 nitrogen and oxygen atoms in total. The van der Waals surface area contributed by atoms with Crippen LogP contribution in [0.5, 0.6) is 0 Å². The second kappa shape index (κ2) is 6.19. The first kappa shape index (κ1) is 15.4. The van der Waals surface area contributed by atoms with E-state index in [9.17, 15) is 14.0 Å². The topological polar surface area (TPSA) is 78.9 Å². The molecule has 0 unspecified atom stereocenters. The first-order valence-electron chi connectivity index (χ1n) is 6.50. The molecule has 0 bridgehead atoms. The molecule has 1 amide bonds. The molecular formula is C14H17FN2O4. The van der Waals surface area contributed by atoms with Crippen LogP contribution in [0.2, 0.25) is 0 Å².